The summed E-state index contributed by atoms with van der Waals surface area (Å²) < 4.78 is 2.84. The van der Waals surface area contributed by atoms with Gasteiger partial charge in [-0.25, -0.2) is 4.79 Å². The number of aryl methyl sites for hydroxylation is 1. The van der Waals surface area contributed by atoms with Gasteiger partial charge in [-0.15, -0.1) is 0 Å². The molecule has 3 rings (SSSR count). The molecule has 0 fully saturated rings. The number of carbonyl (C=O) groups excluding carboxylic acids is 1. The second-order valence-electron chi connectivity index (χ2n) is 5.31. The van der Waals surface area contributed by atoms with Crippen LogP contribution in [0.2, 0.25) is 5.02 Å². The SMILES string of the molecule is Cn1ncc(C(=O)O)c1C(=O)Nc1cnn(Cc2ccccc2Cl)c1. The lowest BCUT2D eigenvalue weighted by atomic mass is 10.2. The number of hydrogen-bond donors (Lipinski definition) is 2. The first-order valence-electron chi connectivity index (χ1n) is 7.28. The summed E-state index contributed by atoms with van der Waals surface area (Å²) in [5.74, 6) is -1.79. The molecule has 0 bridgehead atoms. The summed E-state index contributed by atoms with van der Waals surface area (Å²) in [7, 11) is 1.50. The molecule has 0 radical (unpaired) electrons. The lowest BCUT2D eigenvalue weighted by Gasteiger charge is -2.05. The Kier molecular flexibility index (Phi) is 4.53. The van der Waals surface area contributed by atoms with Crippen LogP contribution in [0.1, 0.15) is 26.4 Å². The monoisotopic (exact) mass is 359 g/mol. The van der Waals surface area contributed by atoms with E-state index in [9.17, 15) is 9.59 Å². The quantitative estimate of drug-likeness (QED) is 0.727. The molecule has 1 amide bonds. The van der Waals surface area contributed by atoms with Gasteiger partial charge in [0.05, 0.1) is 24.6 Å². The zero-order chi connectivity index (χ0) is 18.0. The average Bonchev–Trinajstić information content (AvgIpc) is 3.16. The molecule has 8 nitrogen and oxygen atoms in total. The number of aromatic nitrogens is 4. The van der Waals surface area contributed by atoms with Crippen molar-refractivity contribution in [1.29, 1.82) is 0 Å². The van der Waals surface area contributed by atoms with E-state index in [0.717, 1.165) is 11.8 Å². The third-order valence-corrected chi connectivity index (χ3v) is 3.93. The summed E-state index contributed by atoms with van der Waals surface area (Å²) in [4.78, 5) is 23.5. The van der Waals surface area contributed by atoms with Crippen LogP contribution in [0.3, 0.4) is 0 Å². The van der Waals surface area contributed by atoms with E-state index in [-0.39, 0.29) is 11.3 Å². The van der Waals surface area contributed by atoms with Crippen molar-refractivity contribution in [3.05, 3.63) is 64.7 Å². The van der Waals surface area contributed by atoms with Gasteiger partial charge in [-0.1, -0.05) is 29.8 Å². The van der Waals surface area contributed by atoms with Crippen LogP contribution in [0.5, 0.6) is 0 Å². The highest BCUT2D eigenvalue weighted by Crippen LogP contribution is 2.17. The Balaban J connectivity index is 1.76. The summed E-state index contributed by atoms with van der Waals surface area (Å²) in [6, 6.07) is 7.40. The average molecular weight is 360 g/mol. The van der Waals surface area contributed by atoms with Crippen molar-refractivity contribution in [3.8, 4) is 0 Å². The molecule has 1 aromatic carbocycles. The van der Waals surface area contributed by atoms with Gasteiger partial charge in [-0.05, 0) is 11.6 Å². The standard InChI is InChI=1S/C16H14ClN5O3/c1-21-14(12(7-18-21)16(24)25)15(23)20-11-6-19-22(9-11)8-10-4-2-3-5-13(10)17/h2-7,9H,8H2,1H3,(H,20,23)(H,24,25). The Hall–Kier alpha value is -3.13. The third kappa shape index (κ3) is 3.53. The number of halogens is 1. The highest BCUT2D eigenvalue weighted by molar-refractivity contribution is 6.31. The Bertz CT molecular complexity index is 947. The predicted octanol–water partition coefficient (Wildman–Crippen LogP) is 2.27. The number of nitrogens with zero attached hydrogens (tertiary/aromatic N) is 4. The smallest absolute Gasteiger partial charge is 0.339 e. The maximum atomic E-state index is 12.3. The maximum absolute atomic E-state index is 12.3. The van der Waals surface area contributed by atoms with Gasteiger partial charge in [-0.2, -0.15) is 10.2 Å². The third-order valence-electron chi connectivity index (χ3n) is 3.57. The van der Waals surface area contributed by atoms with Crippen LogP contribution in [-0.2, 0) is 13.6 Å². The number of aromatic carboxylic acids is 1. The Morgan fingerprint density at radius 1 is 1.24 bits per heavy atom. The Labute approximate surface area is 147 Å². The molecule has 3 aromatic rings. The van der Waals surface area contributed by atoms with E-state index in [1.54, 1.807) is 16.9 Å². The second-order valence-corrected chi connectivity index (χ2v) is 5.71. The van der Waals surface area contributed by atoms with E-state index in [4.69, 9.17) is 16.7 Å². The van der Waals surface area contributed by atoms with Gasteiger partial charge in [0.1, 0.15) is 11.3 Å². The van der Waals surface area contributed by atoms with Crippen LogP contribution in [0.15, 0.2) is 42.9 Å². The van der Waals surface area contributed by atoms with Crippen molar-refractivity contribution in [2.24, 2.45) is 7.05 Å². The van der Waals surface area contributed by atoms with Crippen molar-refractivity contribution in [2.45, 2.75) is 6.54 Å². The van der Waals surface area contributed by atoms with E-state index in [2.05, 4.69) is 15.5 Å². The summed E-state index contributed by atoms with van der Waals surface area (Å²) in [5.41, 5.74) is 1.13. The maximum Gasteiger partial charge on any atom is 0.339 e. The van der Waals surface area contributed by atoms with E-state index < -0.39 is 11.9 Å². The molecule has 0 saturated carbocycles. The summed E-state index contributed by atoms with van der Waals surface area (Å²) in [6.45, 7) is 0.446. The number of benzene rings is 1. The van der Waals surface area contributed by atoms with Gasteiger partial charge >= 0.3 is 5.97 Å². The summed E-state index contributed by atoms with van der Waals surface area (Å²) in [5, 5.41) is 20.4. The van der Waals surface area contributed by atoms with Gasteiger partial charge < -0.3 is 10.4 Å². The highest BCUT2D eigenvalue weighted by atomic mass is 35.5. The Morgan fingerprint density at radius 2 is 2.00 bits per heavy atom. The van der Waals surface area contributed by atoms with Crippen molar-refractivity contribution in [3.63, 3.8) is 0 Å². The fourth-order valence-electron chi connectivity index (χ4n) is 2.37. The molecule has 25 heavy (non-hydrogen) atoms. The Morgan fingerprint density at radius 3 is 2.72 bits per heavy atom. The number of carbonyl (C=O) groups is 2. The van der Waals surface area contributed by atoms with Crippen molar-refractivity contribution in [1.82, 2.24) is 19.6 Å². The minimum Gasteiger partial charge on any atom is -0.478 e. The molecule has 2 aromatic heterocycles. The zero-order valence-electron chi connectivity index (χ0n) is 13.2. The number of nitrogens with one attached hydrogen (secondary N) is 1. The first-order valence-corrected chi connectivity index (χ1v) is 7.66. The normalized spacial score (nSPS) is 10.6. The molecule has 0 aliphatic carbocycles. The minimum atomic E-state index is -1.22. The van der Waals surface area contributed by atoms with E-state index >= 15 is 0 Å². The fourth-order valence-corrected chi connectivity index (χ4v) is 2.56. The number of amides is 1. The molecule has 9 heteroatoms. The summed E-state index contributed by atoms with van der Waals surface area (Å²) >= 11 is 6.12. The zero-order valence-corrected chi connectivity index (χ0v) is 13.9. The minimum absolute atomic E-state index is 0.0358. The van der Waals surface area contributed by atoms with Crippen molar-refractivity contribution >= 4 is 29.2 Å². The number of rotatable bonds is 5. The van der Waals surface area contributed by atoms with Crippen LogP contribution in [-0.4, -0.2) is 36.5 Å². The molecule has 0 spiro atoms. The molecular weight excluding hydrogens is 346 g/mol. The highest BCUT2D eigenvalue weighted by Gasteiger charge is 2.22. The second kappa shape index (κ2) is 6.78. The fraction of sp³-hybridized carbons (Fsp3) is 0.125. The summed E-state index contributed by atoms with van der Waals surface area (Å²) in [6.07, 6.45) is 4.25. The van der Waals surface area contributed by atoms with Crippen LogP contribution in [0.4, 0.5) is 5.69 Å². The number of carboxylic acids is 1. The van der Waals surface area contributed by atoms with Crippen molar-refractivity contribution in [2.75, 3.05) is 5.32 Å². The van der Waals surface area contributed by atoms with Gasteiger partial charge in [0.25, 0.3) is 5.91 Å². The lowest BCUT2D eigenvalue weighted by molar-refractivity contribution is 0.0692. The van der Waals surface area contributed by atoms with Gasteiger partial charge in [0, 0.05) is 18.3 Å². The van der Waals surface area contributed by atoms with Crippen LogP contribution >= 0.6 is 11.6 Å². The van der Waals surface area contributed by atoms with Crippen LogP contribution < -0.4 is 5.32 Å². The van der Waals surface area contributed by atoms with E-state index in [1.807, 2.05) is 18.2 Å². The predicted molar refractivity (Wildman–Crippen MR) is 90.9 cm³/mol. The van der Waals surface area contributed by atoms with Crippen LogP contribution in [0, 0.1) is 0 Å². The molecule has 2 N–H and O–H groups in total. The molecule has 0 aliphatic heterocycles. The van der Waals surface area contributed by atoms with E-state index in [1.165, 1.54) is 17.9 Å². The van der Waals surface area contributed by atoms with Gasteiger partial charge in [0.15, 0.2) is 0 Å². The largest absolute Gasteiger partial charge is 0.478 e. The lowest BCUT2D eigenvalue weighted by Crippen LogP contribution is -2.19. The molecule has 128 valence electrons. The number of anilines is 1. The van der Waals surface area contributed by atoms with Crippen molar-refractivity contribution < 1.29 is 14.7 Å². The number of carboxylic acid groups (broad SMARTS) is 1. The van der Waals surface area contributed by atoms with Gasteiger partial charge in [-0.3, -0.25) is 14.2 Å². The molecule has 0 saturated heterocycles. The van der Waals surface area contributed by atoms with Gasteiger partial charge in [0.2, 0.25) is 0 Å². The number of hydrogen-bond acceptors (Lipinski definition) is 4. The molecule has 2 heterocycles. The molecule has 0 atom stereocenters. The molecular formula is C16H14ClN5O3. The van der Waals surface area contributed by atoms with Crippen LogP contribution in [0.25, 0.3) is 0 Å². The molecule has 0 unspecified atom stereocenters. The first kappa shape index (κ1) is 16.7. The topological polar surface area (TPSA) is 102 Å². The van der Waals surface area contributed by atoms with E-state index in [0.29, 0.717) is 17.3 Å². The first-order chi connectivity index (χ1) is 12.0. The molecule has 0 aliphatic rings.